The SMILES string of the molecule is CC1(C)OB([C@@H](CCCc2ccccc2)NC(=O)[C@@H](CC(=O)N2CCOCC2)NC(=O)c2cnccn2)OC1(C)C. The fraction of sp³-hybridized carbons (Fsp3) is 0.552. The van der Waals surface area contributed by atoms with Gasteiger partial charge < -0.3 is 29.6 Å². The Bertz CT molecular complexity index is 1160. The molecule has 0 unspecified atom stereocenters. The third kappa shape index (κ3) is 8.11. The van der Waals surface area contributed by atoms with E-state index >= 15 is 0 Å². The van der Waals surface area contributed by atoms with Crippen LogP contribution in [0.3, 0.4) is 0 Å². The predicted molar refractivity (Wildman–Crippen MR) is 153 cm³/mol. The lowest BCUT2D eigenvalue weighted by Crippen LogP contribution is -2.56. The van der Waals surface area contributed by atoms with Crippen molar-refractivity contribution in [2.75, 3.05) is 26.3 Å². The number of aromatic nitrogens is 2. The first-order chi connectivity index (χ1) is 19.6. The fourth-order valence-corrected chi connectivity index (χ4v) is 4.76. The van der Waals surface area contributed by atoms with Gasteiger partial charge in [-0.05, 0) is 52.5 Å². The second-order valence-corrected chi connectivity index (χ2v) is 11.4. The Labute approximate surface area is 241 Å². The summed E-state index contributed by atoms with van der Waals surface area (Å²) in [6, 6.07) is 8.97. The highest BCUT2D eigenvalue weighted by molar-refractivity contribution is 6.48. The lowest BCUT2D eigenvalue weighted by Gasteiger charge is -2.32. The van der Waals surface area contributed by atoms with Crippen LogP contribution in [0.1, 0.15) is 63.0 Å². The average molecular weight is 565 g/mol. The highest BCUT2D eigenvalue weighted by Gasteiger charge is 2.54. The Morgan fingerprint density at radius 3 is 2.32 bits per heavy atom. The van der Waals surface area contributed by atoms with E-state index in [2.05, 4.69) is 32.7 Å². The van der Waals surface area contributed by atoms with E-state index in [-0.39, 0.29) is 18.0 Å². The van der Waals surface area contributed by atoms with E-state index in [1.807, 2.05) is 45.9 Å². The number of rotatable bonds is 11. The Morgan fingerprint density at radius 2 is 1.68 bits per heavy atom. The summed E-state index contributed by atoms with van der Waals surface area (Å²) in [5.74, 6) is -1.85. The molecule has 0 saturated carbocycles. The number of ether oxygens (including phenoxy) is 1. The van der Waals surface area contributed by atoms with Crippen LogP contribution in [-0.4, -0.2) is 89.2 Å². The molecular weight excluding hydrogens is 525 g/mol. The van der Waals surface area contributed by atoms with Gasteiger partial charge in [0.2, 0.25) is 11.8 Å². The summed E-state index contributed by atoms with van der Waals surface area (Å²) < 4.78 is 18.0. The number of nitrogens with zero attached hydrogens (tertiary/aromatic N) is 3. The van der Waals surface area contributed by atoms with Gasteiger partial charge in [0.1, 0.15) is 11.7 Å². The fourth-order valence-electron chi connectivity index (χ4n) is 4.76. The largest absolute Gasteiger partial charge is 0.481 e. The van der Waals surface area contributed by atoms with E-state index in [9.17, 15) is 14.4 Å². The normalized spacial score (nSPS) is 19.3. The average Bonchev–Trinajstić information content (AvgIpc) is 3.19. The van der Waals surface area contributed by atoms with Crippen molar-refractivity contribution in [1.29, 1.82) is 0 Å². The molecular formula is C29H40BN5O6. The summed E-state index contributed by atoms with van der Waals surface area (Å²) in [6.07, 6.45) is 6.09. The molecule has 0 bridgehead atoms. The van der Waals surface area contributed by atoms with E-state index in [1.54, 1.807) is 4.90 Å². The minimum Gasteiger partial charge on any atom is -0.402 e. The molecule has 1 aromatic heterocycles. The molecule has 3 amide bonds. The number of nitrogens with one attached hydrogen (secondary N) is 2. The van der Waals surface area contributed by atoms with Crippen molar-refractivity contribution in [2.24, 2.45) is 0 Å². The second-order valence-electron chi connectivity index (χ2n) is 11.4. The molecule has 41 heavy (non-hydrogen) atoms. The number of hydrogen-bond acceptors (Lipinski definition) is 8. The van der Waals surface area contributed by atoms with Gasteiger partial charge in [0.05, 0.1) is 43.0 Å². The van der Waals surface area contributed by atoms with Gasteiger partial charge in [0, 0.05) is 25.5 Å². The van der Waals surface area contributed by atoms with Crippen LogP contribution in [0, 0.1) is 0 Å². The minimum atomic E-state index is -1.14. The van der Waals surface area contributed by atoms with Crippen LogP contribution in [0.25, 0.3) is 0 Å². The zero-order valence-corrected chi connectivity index (χ0v) is 24.3. The van der Waals surface area contributed by atoms with Gasteiger partial charge >= 0.3 is 7.12 Å². The molecule has 2 N–H and O–H groups in total. The van der Waals surface area contributed by atoms with Crippen LogP contribution in [0.15, 0.2) is 48.9 Å². The minimum absolute atomic E-state index is 0.0505. The first-order valence-electron chi connectivity index (χ1n) is 14.2. The van der Waals surface area contributed by atoms with Crippen LogP contribution in [-0.2, 0) is 30.1 Å². The second kappa shape index (κ2) is 13.5. The quantitative estimate of drug-likeness (QED) is 0.396. The van der Waals surface area contributed by atoms with Crippen LogP contribution < -0.4 is 10.6 Å². The van der Waals surface area contributed by atoms with Crippen LogP contribution >= 0.6 is 0 Å². The van der Waals surface area contributed by atoms with Gasteiger partial charge in [-0.3, -0.25) is 19.4 Å². The summed E-state index contributed by atoms with van der Waals surface area (Å²) in [5, 5.41) is 5.75. The highest BCUT2D eigenvalue weighted by Crippen LogP contribution is 2.38. The lowest BCUT2D eigenvalue weighted by atomic mass is 9.75. The molecule has 2 aromatic rings. The molecule has 2 aliphatic heterocycles. The van der Waals surface area contributed by atoms with E-state index in [0.717, 1.165) is 12.8 Å². The maximum Gasteiger partial charge on any atom is 0.481 e. The van der Waals surface area contributed by atoms with E-state index in [0.29, 0.717) is 32.7 Å². The summed E-state index contributed by atoms with van der Waals surface area (Å²) in [5.41, 5.74) is 0.0593. The zero-order valence-electron chi connectivity index (χ0n) is 24.3. The van der Waals surface area contributed by atoms with Crippen molar-refractivity contribution < 1.29 is 28.4 Å². The molecule has 0 aliphatic carbocycles. The van der Waals surface area contributed by atoms with Crippen molar-refractivity contribution in [1.82, 2.24) is 25.5 Å². The van der Waals surface area contributed by atoms with E-state index in [4.69, 9.17) is 14.0 Å². The third-order valence-corrected chi connectivity index (χ3v) is 7.91. The first kappa shape index (κ1) is 30.6. The van der Waals surface area contributed by atoms with E-state index in [1.165, 1.54) is 24.2 Å². The number of morpholine rings is 1. The highest BCUT2D eigenvalue weighted by atomic mass is 16.7. The topological polar surface area (TPSA) is 132 Å². The van der Waals surface area contributed by atoms with Gasteiger partial charge in [-0.1, -0.05) is 30.3 Å². The zero-order chi connectivity index (χ0) is 29.5. The monoisotopic (exact) mass is 565 g/mol. The van der Waals surface area contributed by atoms with Crippen LogP contribution in [0.4, 0.5) is 0 Å². The summed E-state index contributed by atoms with van der Waals surface area (Å²) in [6.45, 7) is 9.56. The van der Waals surface area contributed by atoms with Crippen molar-refractivity contribution in [2.45, 2.75) is 76.6 Å². The number of hydrogen-bond donors (Lipinski definition) is 2. The maximum absolute atomic E-state index is 13.8. The Hall–Kier alpha value is -3.35. The maximum atomic E-state index is 13.8. The van der Waals surface area contributed by atoms with Gasteiger partial charge in [-0.2, -0.15) is 0 Å². The molecule has 2 aliphatic rings. The van der Waals surface area contributed by atoms with Crippen molar-refractivity contribution in [3.63, 3.8) is 0 Å². The van der Waals surface area contributed by atoms with E-state index < -0.39 is 42.1 Å². The molecule has 0 spiro atoms. The number of aryl methyl sites for hydroxylation is 1. The molecule has 3 heterocycles. The number of amides is 3. The standard InChI is InChI=1S/C29H40BN5O6/c1-28(2)29(3,4)41-30(40-28)24(12-8-11-21-9-6-5-7-10-21)34-26(37)22(19-25(36)35-15-17-39-18-16-35)33-27(38)23-20-31-13-14-32-23/h5-7,9-10,13-14,20,22,24H,8,11-12,15-19H2,1-4H3,(H,33,38)(H,34,37)/t22-,24-/m1/s1. The molecule has 12 heteroatoms. The Balaban J connectivity index is 1.51. The summed E-state index contributed by atoms with van der Waals surface area (Å²) >= 11 is 0. The van der Waals surface area contributed by atoms with Gasteiger partial charge in [-0.15, -0.1) is 0 Å². The Morgan fingerprint density at radius 1 is 1.00 bits per heavy atom. The molecule has 11 nitrogen and oxygen atoms in total. The van der Waals surface area contributed by atoms with Crippen LogP contribution in [0.5, 0.6) is 0 Å². The van der Waals surface area contributed by atoms with Gasteiger partial charge in [0.15, 0.2) is 0 Å². The molecule has 220 valence electrons. The molecule has 2 saturated heterocycles. The molecule has 4 rings (SSSR count). The number of benzene rings is 1. The smallest absolute Gasteiger partial charge is 0.402 e. The summed E-state index contributed by atoms with van der Waals surface area (Å²) in [4.78, 5) is 49.5. The predicted octanol–water partition coefficient (Wildman–Crippen LogP) is 1.96. The van der Waals surface area contributed by atoms with Gasteiger partial charge in [0.25, 0.3) is 5.91 Å². The number of carbonyl (C=O) groups excluding carboxylic acids is 3. The summed E-state index contributed by atoms with van der Waals surface area (Å²) in [7, 11) is -0.703. The van der Waals surface area contributed by atoms with Crippen LogP contribution in [0.2, 0.25) is 0 Å². The van der Waals surface area contributed by atoms with Gasteiger partial charge in [-0.25, -0.2) is 4.98 Å². The van der Waals surface area contributed by atoms with Crippen molar-refractivity contribution >= 4 is 24.8 Å². The Kier molecular flexibility index (Phi) is 10.1. The first-order valence-corrected chi connectivity index (χ1v) is 14.2. The molecule has 1 aromatic carbocycles. The van der Waals surface area contributed by atoms with Crippen molar-refractivity contribution in [3.8, 4) is 0 Å². The van der Waals surface area contributed by atoms with Crippen molar-refractivity contribution in [3.05, 3.63) is 60.2 Å². The molecule has 2 fully saturated rings. The lowest BCUT2D eigenvalue weighted by molar-refractivity contribution is -0.138. The molecule has 2 atom stereocenters. The molecule has 0 radical (unpaired) electrons. The third-order valence-electron chi connectivity index (χ3n) is 7.91. The number of carbonyl (C=O) groups is 3.